The molecule has 7 heteroatoms. The van der Waals surface area contributed by atoms with Crippen LogP contribution in [0.1, 0.15) is 30.2 Å². The number of hydrogen-bond acceptors (Lipinski definition) is 4. The highest BCUT2D eigenvalue weighted by Gasteiger charge is 2.39. The Balaban J connectivity index is 2.04. The van der Waals surface area contributed by atoms with Gasteiger partial charge in [0.05, 0.1) is 15.4 Å². The zero-order valence-electron chi connectivity index (χ0n) is 13.7. The fraction of sp³-hybridized carbons (Fsp3) is 0.278. The van der Waals surface area contributed by atoms with Crippen LogP contribution in [0, 0.1) is 16.7 Å². The van der Waals surface area contributed by atoms with E-state index in [9.17, 15) is 4.79 Å². The number of carbonyl (C=O) groups is 1. The molecule has 1 N–H and O–H groups in total. The van der Waals surface area contributed by atoms with E-state index in [-0.39, 0.29) is 5.91 Å². The molecule has 1 saturated heterocycles. The van der Waals surface area contributed by atoms with Crippen LogP contribution in [-0.2, 0) is 10.2 Å². The normalized spacial score (nSPS) is 20.7. The molecular formula is C18H15BrClN3OS. The van der Waals surface area contributed by atoms with Crippen LogP contribution in [0.2, 0.25) is 5.02 Å². The Morgan fingerprint density at radius 2 is 2.08 bits per heavy atom. The van der Waals surface area contributed by atoms with E-state index in [1.807, 2.05) is 19.1 Å². The molecule has 1 aliphatic heterocycles. The molecule has 25 heavy (non-hydrogen) atoms. The Kier molecular flexibility index (Phi) is 4.76. The van der Waals surface area contributed by atoms with Crippen molar-refractivity contribution in [1.82, 2.24) is 4.90 Å². The van der Waals surface area contributed by atoms with Gasteiger partial charge >= 0.3 is 0 Å². The second-order valence-corrected chi connectivity index (χ2v) is 9.26. The minimum atomic E-state index is -0.400. The average Bonchev–Trinajstić information content (AvgIpc) is 2.94. The van der Waals surface area contributed by atoms with Crippen molar-refractivity contribution in [3.63, 3.8) is 0 Å². The smallest absolute Gasteiger partial charge is 0.228 e. The SMILES string of the molecule is CN1C(=N)C[C@](C)(c2cc(-c3cc(Cl)cc(C#N)c3)c(Br)s2)CC1=O. The molecule has 128 valence electrons. The summed E-state index contributed by atoms with van der Waals surface area (Å²) >= 11 is 11.3. The van der Waals surface area contributed by atoms with Crippen LogP contribution in [0.4, 0.5) is 0 Å². The highest BCUT2D eigenvalue weighted by Crippen LogP contribution is 2.45. The molecule has 1 fully saturated rings. The van der Waals surface area contributed by atoms with Gasteiger partial charge in [0.1, 0.15) is 5.84 Å². The van der Waals surface area contributed by atoms with Crippen LogP contribution in [0.25, 0.3) is 11.1 Å². The Morgan fingerprint density at radius 1 is 1.36 bits per heavy atom. The second-order valence-electron chi connectivity index (χ2n) is 6.45. The monoisotopic (exact) mass is 435 g/mol. The van der Waals surface area contributed by atoms with Crippen LogP contribution in [0.5, 0.6) is 0 Å². The maximum absolute atomic E-state index is 12.2. The number of piperidine rings is 1. The van der Waals surface area contributed by atoms with Crippen LogP contribution < -0.4 is 0 Å². The van der Waals surface area contributed by atoms with Gasteiger partial charge in [0.2, 0.25) is 5.91 Å². The lowest BCUT2D eigenvalue weighted by Gasteiger charge is -2.36. The van der Waals surface area contributed by atoms with E-state index in [1.165, 1.54) is 4.90 Å². The summed E-state index contributed by atoms with van der Waals surface area (Å²) in [6.07, 6.45) is 0.887. The fourth-order valence-corrected chi connectivity index (χ4v) is 5.15. The number of rotatable bonds is 2. The summed E-state index contributed by atoms with van der Waals surface area (Å²) in [5, 5.41) is 17.7. The largest absolute Gasteiger partial charge is 0.304 e. The lowest BCUT2D eigenvalue weighted by atomic mass is 9.78. The van der Waals surface area contributed by atoms with Crippen molar-refractivity contribution in [1.29, 1.82) is 10.7 Å². The Bertz CT molecular complexity index is 913. The van der Waals surface area contributed by atoms with Crippen molar-refractivity contribution in [3.05, 3.63) is 43.5 Å². The summed E-state index contributed by atoms with van der Waals surface area (Å²) in [4.78, 5) is 14.7. The predicted octanol–water partition coefficient (Wildman–Crippen LogP) is 5.19. The van der Waals surface area contributed by atoms with Crippen molar-refractivity contribution in [3.8, 4) is 17.2 Å². The number of halogens is 2. The lowest BCUT2D eigenvalue weighted by Crippen LogP contribution is -2.46. The van der Waals surface area contributed by atoms with E-state index < -0.39 is 5.41 Å². The number of nitrogens with one attached hydrogen (secondary N) is 1. The summed E-state index contributed by atoms with van der Waals surface area (Å²) in [6.45, 7) is 2.02. The molecule has 0 aliphatic carbocycles. The molecule has 0 bridgehead atoms. The Labute approximate surface area is 163 Å². The van der Waals surface area contributed by atoms with E-state index in [1.54, 1.807) is 30.5 Å². The third-order valence-electron chi connectivity index (χ3n) is 4.50. The molecule has 1 aliphatic rings. The van der Waals surface area contributed by atoms with Gasteiger partial charge in [-0.3, -0.25) is 10.2 Å². The summed E-state index contributed by atoms with van der Waals surface area (Å²) in [5.41, 5.74) is 1.90. The van der Waals surface area contributed by atoms with E-state index in [2.05, 4.69) is 22.0 Å². The molecule has 1 aromatic carbocycles. The molecule has 4 nitrogen and oxygen atoms in total. The van der Waals surface area contributed by atoms with E-state index in [4.69, 9.17) is 22.3 Å². The molecule has 1 amide bonds. The molecular weight excluding hydrogens is 422 g/mol. The predicted molar refractivity (Wildman–Crippen MR) is 104 cm³/mol. The highest BCUT2D eigenvalue weighted by molar-refractivity contribution is 9.11. The summed E-state index contributed by atoms with van der Waals surface area (Å²) < 4.78 is 0.924. The molecule has 0 spiro atoms. The molecule has 0 unspecified atom stereocenters. The van der Waals surface area contributed by atoms with E-state index in [0.29, 0.717) is 29.3 Å². The maximum Gasteiger partial charge on any atom is 0.228 e. The number of nitrogens with zero attached hydrogens (tertiary/aromatic N) is 2. The van der Waals surface area contributed by atoms with Crippen molar-refractivity contribution < 1.29 is 4.79 Å². The van der Waals surface area contributed by atoms with E-state index in [0.717, 1.165) is 19.8 Å². The first kappa shape index (κ1) is 18.1. The minimum absolute atomic E-state index is 0.0423. The van der Waals surface area contributed by atoms with Gasteiger partial charge in [-0.05, 0) is 45.8 Å². The van der Waals surface area contributed by atoms with Gasteiger partial charge < -0.3 is 4.90 Å². The third-order valence-corrected chi connectivity index (χ3v) is 6.86. The zero-order chi connectivity index (χ0) is 18.4. The Hall–Kier alpha value is -1.68. The van der Waals surface area contributed by atoms with Gasteiger partial charge in [0.15, 0.2) is 0 Å². The number of likely N-dealkylation sites (tertiary alicyclic amines) is 1. The third kappa shape index (κ3) is 3.37. The van der Waals surface area contributed by atoms with Gasteiger partial charge in [-0.15, -0.1) is 11.3 Å². The summed E-state index contributed by atoms with van der Waals surface area (Å²) in [7, 11) is 1.65. The molecule has 1 atom stereocenters. The number of thiophene rings is 1. The number of nitriles is 1. The molecule has 0 radical (unpaired) electrons. The van der Waals surface area contributed by atoms with Gasteiger partial charge in [-0.1, -0.05) is 18.5 Å². The van der Waals surface area contributed by atoms with Crippen LogP contribution in [0.3, 0.4) is 0 Å². The van der Waals surface area contributed by atoms with Crippen LogP contribution in [0.15, 0.2) is 28.1 Å². The van der Waals surface area contributed by atoms with Gasteiger partial charge in [0.25, 0.3) is 0 Å². The number of hydrogen-bond donors (Lipinski definition) is 1. The van der Waals surface area contributed by atoms with Crippen LogP contribution >= 0.6 is 38.9 Å². The van der Waals surface area contributed by atoms with Crippen molar-refractivity contribution >= 4 is 50.6 Å². The van der Waals surface area contributed by atoms with Gasteiger partial charge in [-0.25, -0.2) is 0 Å². The molecule has 3 rings (SSSR count). The van der Waals surface area contributed by atoms with Gasteiger partial charge in [-0.2, -0.15) is 5.26 Å². The van der Waals surface area contributed by atoms with Crippen LogP contribution in [-0.4, -0.2) is 23.7 Å². The van der Waals surface area contributed by atoms with Crippen molar-refractivity contribution in [2.24, 2.45) is 0 Å². The fourth-order valence-electron chi connectivity index (χ4n) is 3.00. The number of amides is 1. The topological polar surface area (TPSA) is 68.0 Å². The zero-order valence-corrected chi connectivity index (χ0v) is 16.8. The highest BCUT2D eigenvalue weighted by atomic mass is 79.9. The van der Waals surface area contributed by atoms with E-state index >= 15 is 0 Å². The second kappa shape index (κ2) is 6.56. The first-order chi connectivity index (χ1) is 11.7. The number of benzene rings is 1. The van der Waals surface area contributed by atoms with Gasteiger partial charge in [0, 0.05) is 40.8 Å². The quantitative estimate of drug-likeness (QED) is 0.704. The van der Waals surface area contributed by atoms with Crippen molar-refractivity contribution in [2.45, 2.75) is 25.2 Å². The molecule has 0 saturated carbocycles. The minimum Gasteiger partial charge on any atom is -0.304 e. The first-order valence-corrected chi connectivity index (χ1v) is 9.57. The lowest BCUT2D eigenvalue weighted by molar-refractivity contribution is -0.128. The first-order valence-electron chi connectivity index (χ1n) is 7.58. The number of carbonyl (C=O) groups excluding carboxylic acids is 1. The van der Waals surface area contributed by atoms with Crippen molar-refractivity contribution in [2.75, 3.05) is 7.05 Å². The standard InChI is InChI=1S/C18H15BrClN3OS/c1-18(7-15(22)23(2)16(24)8-18)14-6-13(17(19)25-14)11-3-10(9-21)4-12(20)5-11/h3-6,22H,7-8H2,1-2H3/t18-/m0/s1. The number of amidine groups is 1. The molecule has 1 aromatic heterocycles. The summed E-state index contributed by atoms with van der Waals surface area (Å²) in [6, 6.07) is 9.40. The average molecular weight is 437 g/mol. The molecule has 2 aromatic rings. The molecule has 2 heterocycles. The summed E-state index contributed by atoms with van der Waals surface area (Å²) in [5.74, 6) is 0.290. The maximum atomic E-state index is 12.2. The Morgan fingerprint density at radius 3 is 2.72 bits per heavy atom.